The number of benzene rings is 1. The topological polar surface area (TPSA) is 6.48 Å². The van der Waals surface area contributed by atoms with Gasteiger partial charge < -0.3 is 0 Å². The molecule has 1 aliphatic heterocycles. The van der Waals surface area contributed by atoms with Crippen LogP contribution in [0.2, 0.25) is 5.02 Å². The van der Waals surface area contributed by atoms with Crippen molar-refractivity contribution in [2.45, 2.75) is 44.7 Å². The summed E-state index contributed by atoms with van der Waals surface area (Å²) in [5, 5.41) is 0.872. The van der Waals surface area contributed by atoms with E-state index in [1.165, 1.54) is 17.5 Å². The van der Waals surface area contributed by atoms with E-state index in [4.69, 9.17) is 11.6 Å². The number of hydrogen-bond donors (Lipinski definition) is 0. The first kappa shape index (κ1) is 14.4. The maximum Gasteiger partial charge on any atom is 0.0409 e. The van der Waals surface area contributed by atoms with Crippen LogP contribution in [0.3, 0.4) is 0 Å². The zero-order chi connectivity index (χ0) is 14.5. The summed E-state index contributed by atoms with van der Waals surface area (Å²) in [4.78, 5) is 5.14. The molecule has 0 saturated carbocycles. The minimum absolute atomic E-state index is 0.253. The van der Waals surface area contributed by atoms with E-state index in [0.29, 0.717) is 12.0 Å². The molecule has 3 heteroatoms. The molecule has 1 aliphatic carbocycles. The standard InChI is InChI=1S/C17H25ClN2/c1-12-9-16(15-10-13(18)5-6-14(12)15)20-8-7-19(4)17(2,3)11-20/h5-6,10,12,16H,7-9,11H2,1-4H3/t12-,16-/m1/s1. The third kappa shape index (κ3) is 2.38. The fourth-order valence-corrected chi connectivity index (χ4v) is 3.94. The Balaban J connectivity index is 1.88. The van der Waals surface area contributed by atoms with Gasteiger partial charge in [0.15, 0.2) is 0 Å². The van der Waals surface area contributed by atoms with Gasteiger partial charge in [-0.1, -0.05) is 24.6 Å². The Morgan fingerprint density at radius 2 is 1.95 bits per heavy atom. The van der Waals surface area contributed by atoms with Gasteiger partial charge in [-0.2, -0.15) is 0 Å². The minimum atomic E-state index is 0.253. The van der Waals surface area contributed by atoms with Gasteiger partial charge in [0, 0.05) is 36.2 Å². The fourth-order valence-electron chi connectivity index (χ4n) is 3.76. The molecule has 0 bridgehead atoms. The zero-order valence-corrected chi connectivity index (χ0v) is 13.7. The lowest BCUT2D eigenvalue weighted by Gasteiger charge is -2.47. The van der Waals surface area contributed by atoms with Gasteiger partial charge in [-0.15, -0.1) is 0 Å². The Morgan fingerprint density at radius 1 is 1.20 bits per heavy atom. The smallest absolute Gasteiger partial charge is 0.0409 e. The molecule has 2 aliphatic rings. The van der Waals surface area contributed by atoms with Crippen molar-refractivity contribution in [2.75, 3.05) is 26.7 Å². The highest BCUT2D eigenvalue weighted by molar-refractivity contribution is 6.30. The van der Waals surface area contributed by atoms with Crippen LogP contribution in [0, 0.1) is 0 Å². The lowest BCUT2D eigenvalue weighted by molar-refractivity contribution is 0.0156. The average Bonchev–Trinajstić information content (AvgIpc) is 2.69. The molecule has 0 unspecified atom stereocenters. The number of likely N-dealkylation sites (N-methyl/N-ethyl adjacent to an activating group) is 1. The van der Waals surface area contributed by atoms with Crippen LogP contribution in [-0.2, 0) is 0 Å². The molecule has 0 amide bonds. The predicted molar refractivity (Wildman–Crippen MR) is 85.5 cm³/mol. The molecule has 2 nitrogen and oxygen atoms in total. The summed E-state index contributed by atoms with van der Waals surface area (Å²) in [5.41, 5.74) is 3.21. The van der Waals surface area contributed by atoms with Crippen LogP contribution < -0.4 is 0 Å². The van der Waals surface area contributed by atoms with Crippen LogP contribution in [-0.4, -0.2) is 42.0 Å². The number of piperazine rings is 1. The second-order valence-corrected chi connectivity index (χ2v) is 7.57. The minimum Gasteiger partial charge on any atom is -0.299 e. The van der Waals surface area contributed by atoms with Crippen LogP contribution in [0.5, 0.6) is 0 Å². The molecule has 0 radical (unpaired) electrons. The molecular weight excluding hydrogens is 268 g/mol. The number of nitrogens with zero attached hydrogens (tertiary/aromatic N) is 2. The van der Waals surface area contributed by atoms with Crippen molar-refractivity contribution in [3.8, 4) is 0 Å². The lowest BCUT2D eigenvalue weighted by Crippen LogP contribution is -2.58. The summed E-state index contributed by atoms with van der Waals surface area (Å²) >= 11 is 6.23. The molecule has 1 fully saturated rings. The highest BCUT2D eigenvalue weighted by Gasteiger charge is 2.38. The first-order chi connectivity index (χ1) is 9.38. The van der Waals surface area contributed by atoms with Gasteiger partial charge in [-0.25, -0.2) is 0 Å². The summed E-state index contributed by atoms with van der Waals surface area (Å²) in [6, 6.07) is 7.00. The number of hydrogen-bond acceptors (Lipinski definition) is 2. The molecule has 20 heavy (non-hydrogen) atoms. The van der Waals surface area contributed by atoms with Crippen molar-refractivity contribution in [2.24, 2.45) is 0 Å². The van der Waals surface area contributed by atoms with E-state index in [0.717, 1.165) is 24.7 Å². The number of rotatable bonds is 1. The Labute approximate surface area is 127 Å². The maximum absolute atomic E-state index is 6.23. The van der Waals surface area contributed by atoms with E-state index in [1.807, 2.05) is 6.07 Å². The van der Waals surface area contributed by atoms with Crippen LogP contribution in [0.4, 0.5) is 0 Å². The van der Waals surface area contributed by atoms with Crippen LogP contribution in [0.1, 0.15) is 50.3 Å². The molecule has 1 aromatic carbocycles. The molecule has 1 aromatic rings. The first-order valence-electron chi connectivity index (χ1n) is 7.63. The van der Waals surface area contributed by atoms with E-state index in [9.17, 15) is 0 Å². The molecule has 0 spiro atoms. The van der Waals surface area contributed by atoms with Gasteiger partial charge in [0.05, 0.1) is 0 Å². The van der Waals surface area contributed by atoms with Gasteiger partial charge in [0.25, 0.3) is 0 Å². The number of halogens is 1. The second kappa shape index (κ2) is 5.01. The van der Waals surface area contributed by atoms with Crippen LogP contribution in [0.25, 0.3) is 0 Å². The van der Waals surface area contributed by atoms with Gasteiger partial charge in [0.1, 0.15) is 0 Å². The summed E-state index contributed by atoms with van der Waals surface area (Å²) < 4.78 is 0. The van der Waals surface area contributed by atoms with Gasteiger partial charge in [-0.05, 0) is 56.5 Å². The van der Waals surface area contributed by atoms with Gasteiger partial charge >= 0.3 is 0 Å². The zero-order valence-electron chi connectivity index (χ0n) is 13.0. The summed E-state index contributed by atoms with van der Waals surface area (Å²) in [6.45, 7) is 10.5. The van der Waals surface area contributed by atoms with E-state index < -0.39 is 0 Å². The highest BCUT2D eigenvalue weighted by Crippen LogP contribution is 2.45. The van der Waals surface area contributed by atoms with Crippen molar-refractivity contribution in [3.05, 3.63) is 34.3 Å². The largest absolute Gasteiger partial charge is 0.299 e. The molecule has 110 valence electrons. The van der Waals surface area contributed by atoms with Crippen LogP contribution in [0.15, 0.2) is 18.2 Å². The lowest BCUT2D eigenvalue weighted by atomic mass is 9.96. The predicted octanol–water partition coefficient (Wildman–Crippen LogP) is 3.91. The molecule has 0 N–H and O–H groups in total. The Bertz CT molecular complexity index is 512. The highest BCUT2D eigenvalue weighted by atomic mass is 35.5. The Kier molecular flexibility index (Phi) is 3.60. The number of fused-ring (bicyclic) bond motifs is 1. The van der Waals surface area contributed by atoms with E-state index >= 15 is 0 Å². The van der Waals surface area contributed by atoms with Crippen molar-refractivity contribution < 1.29 is 0 Å². The quantitative estimate of drug-likeness (QED) is 0.774. The summed E-state index contributed by atoms with van der Waals surface area (Å²) in [5.74, 6) is 0.648. The van der Waals surface area contributed by atoms with Crippen molar-refractivity contribution in [1.82, 2.24) is 9.80 Å². The Morgan fingerprint density at radius 3 is 2.65 bits per heavy atom. The maximum atomic E-state index is 6.23. The van der Waals surface area contributed by atoms with Crippen molar-refractivity contribution in [3.63, 3.8) is 0 Å². The monoisotopic (exact) mass is 292 g/mol. The Hall–Kier alpha value is -0.570. The van der Waals surface area contributed by atoms with Crippen molar-refractivity contribution in [1.29, 1.82) is 0 Å². The molecular formula is C17H25ClN2. The van der Waals surface area contributed by atoms with E-state index in [2.05, 4.69) is 49.8 Å². The fraction of sp³-hybridized carbons (Fsp3) is 0.647. The normalized spacial score (nSPS) is 30.4. The SMILES string of the molecule is C[C@@H]1C[C@@H](N2CCN(C)C(C)(C)C2)c2cc(Cl)ccc21. The molecule has 1 saturated heterocycles. The summed E-state index contributed by atoms with van der Waals surface area (Å²) in [7, 11) is 2.24. The summed E-state index contributed by atoms with van der Waals surface area (Å²) in [6.07, 6.45) is 1.23. The molecule has 2 atom stereocenters. The molecule has 0 aromatic heterocycles. The van der Waals surface area contributed by atoms with Gasteiger partial charge in [0.2, 0.25) is 0 Å². The first-order valence-corrected chi connectivity index (χ1v) is 8.01. The van der Waals surface area contributed by atoms with Crippen molar-refractivity contribution >= 4 is 11.6 Å². The second-order valence-electron chi connectivity index (χ2n) is 7.13. The molecule has 3 rings (SSSR count). The van der Waals surface area contributed by atoms with E-state index in [1.54, 1.807) is 0 Å². The van der Waals surface area contributed by atoms with Gasteiger partial charge in [-0.3, -0.25) is 9.80 Å². The van der Waals surface area contributed by atoms with E-state index in [-0.39, 0.29) is 5.54 Å². The molecule has 1 heterocycles. The third-order valence-corrected chi connectivity index (χ3v) is 5.54. The average molecular weight is 293 g/mol. The van der Waals surface area contributed by atoms with Crippen LogP contribution >= 0.6 is 11.6 Å². The third-order valence-electron chi connectivity index (χ3n) is 5.30.